The zero-order valence-electron chi connectivity index (χ0n) is 12.0. The van der Waals surface area contributed by atoms with E-state index < -0.39 is 10.8 Å². The van der Waals surface area contributed by atoms with Crippen molar-refractivity contribution in [3.8, 4) is 0 Å². The minimum Gasteiger partial charge on any atom is -0.463 e. The van der Waals surface area contributed by atoms with Gasteiger partial charge in [0.15, 0.2) is 0 Å². The summed E-state index contributed by atoms with van der Waals surface area (Å²) in [6, 6.07) is 8.21. The third-order valence-electron chi connectivity index (χ3n) is 3.43. The van der Waals surface area contributed by atoms with E-state index in [0.29, 0.717) is 22.2 Å². The molecule has 3 aromatic rings. The molecule has 3 rings (SSSR count). The number of nitrogens with zero attached hydrogens (tertiary/aromatic N) is 1. The van der Waals surface area contributed by atoms with Gasteiger partial charge < -0.3 is 9.73 Å². The van der Waals surface area contributed by atoms with E-state index in [1.165, 1.54) is 42.7 Å². The van der Waals surface area contributed by atoms with Crippen LogP contribution in [0.15, 0.2) is 47.1 Å². The first-order valence-electron chi connectivity index (χ1n) is 6.69. The predicted molar refractivity (Wildman–Crippen MR) is 82.0 cm³/mol. The lowest BCUT2D eigenvalue weighted by atomic mass is 10.1. The van der Waals surface area contributed by atoms with Gasteiger partial charge in [0, 0.05) is 23.2 Å². The molecule has 116 valence electrons. The number of anilines is 1. The molecule has 0 unspecified atom stereocenters. The standard InChI is InChI=1S/C16H11FN2O4/c1-9-6-10(2-4-14(9)17)18-16(20)13-8-23-15-5-3-11(19(21)22)7-12(13)15/h2-8H,1H3,(H,18,20). The van der Waals surface area contributed by atoms with E-state index in [0.717, 1.165) is 0 Å². The number of non-ortho nitro benzene ring substituents is 1. The third kappa shape index (κ3) is 2.76. The summed E-state index contributed by atoms with van der Waals surface area (Å²) in [5, 5.41) is 13.8. The maximum Gasteiger partial charge on any atom is 0.270 e. The largest absolute Gasteiger partial charge is 0.463 e. The van der Waals surface area contributed by atoms with Crippen LogP contribution in [0.1, 0.15) is 15.9 Å². The SMILES string of the molecule is Cc1cc(NC(=O)c2coc3ccc([N+](=O)[O-])cc23)ccc1F. The van der Waals surface area contributed by atoms with Gasteiger partial charge in [0.1, 0.15) is 17.7 Å². The van der Waals surface area contributed by atoms with Gasteiger partial charge in [-0.2, -0.15) is 0 Å². The van der Waals surface area contributed by atoms with E-state index in [9.17, 15) is 19.3 Å². The van der Waals surface area contributed by atoms with Crippen molar-refractivity contribution >= 4 is 28.3 Å². The molecule has 6 nitrogen and oxygen atoms in total. The number of amides is 1. The highest BCUT2D eigenvalue weighted by Gasteiger charge is 2.17. The summed E-state index contributed by atoms with van der Waals surface area (Å²) in [4.78, 5) is 22.6. The molecule has 7 heteroatoms. The molecule has 0 radical (unpaired) electrons. The Balaban J connectivity index is 1.95. The molecule has 0 aliphatic heterocycles. The van der Waals surface area contributed by atoms with Crippen molar-refractivity contribution in [3.05, 3.63) is 69.7 Å². The van der Waals surface area contributed by atoms with Crippen molar-refractivity contribution in [2.45, 2.75) is 6.92 Å². The Hall–Kier alpha value is -3.22. The third-order valence-corrected chi connectivity index (χ3v) is 3.43. The van der Waals surface area contributed by atoms with E-state index in [-0.39, 0.29) is 17.1 Å². The normalized spacial score (nSPS) is 10.7. The second-order valence-electron chi connectivity index (χ2n) is 5.01. The van der Waals surface area contributed by atoms with Crippen LogP contribution in [0, 0.1) is 22.9 Å². The van der Waals surface area contributed by atoms with E-state index in [4.69, 9.17) is 4.42 Å². The number of hydrogen-bond donors (Lipinski definition) is 1. The number of nitro groups is 1. The minimum absolute atomic E-state index is 0.134. The molecule has 0 bridgehead atoms. The Kier molecular flexibility index (Phi) is 3.53. The van der Waals surface area contributed by atoms with Crippen LogP contribution < -0.4 is 5.32 Å². The molecular weight excluding hydrogens is 303 g/mol. The summed E-state index contributed by atoms with van der Waals surface area (Å²) in [5.41, 5.74) is 1.23. The van der Waals surface area contributed by atoms with Crippen molar-refractivity contribution in [2.75, 3.05) is 5.32 Å². The molecule has 1 amide bonds. The number of benzene rings is 2. The van der Waals surface area contributed by atoms with Gasteiger partial charge in [-0.05, 0) is 36.8 Å². The molecule has 1 aromatic heterocycles. The van der Waals surface area contributed by atoms with Crippen LogP contribution in [0.25, 0.3) is 11.0 Å². The van der Waals surface area contributed by atoms with Gasteiger partial charge in [0.2, 0.25) is 0 Å². The second-order valence-corrected chi connectivity index (χ2v) is 5.01. The zero-order chi connectivity index (χ0) is 16.6. The summed E-state index contributed by atoms with van der Waals surface area (Å²) in [7, 11) is 0. The van der Waals surface area contributed by atoms with Gasteiger partial charge in [-0.1, -0.05) is 0 Å². The summed E-state index contributed by atoms with van der Waals surface area (Å²) >= 11 is 0. The number of carbonyl (C=O) groups excluding carboxylic acids is 1. The van der Waals surface area contributed by atoms with Crippen LogP contribution in [0.2, 0.25) is 0 Å². The van der Waals surface area contributed by atoms with Gasteiger partial charge in [-0.25, -0.2) is 4.39 Å². The van der Waals surface area contributed by atoms with Crippen molar-refractivity contribution in [1.82, 2.24) is 0 Å². The van der Waals surface area contributed by atoms with Crippen LogP contribution in [0.5, 0.6) is 0 Å². The van der Waals surface area contributed by atoms with Gasteiger partial charge in [-0.15, -0.1) is 0 Å². The van der Waals surface area contributed by atoms with Crippen molar-refractivity contribution in [1.29, 1.82) is 0 Å². The lowest BCUT2D eigenvalue weighted by Crippen LogP contribution is -2.11. The fraction of sp³-hybridized carbons (Fsp3) is 0.0625. The summed E-state index contributed by atoms with van der Waals surface area (Å²) in [6.07, 6.45) is 1.24. The summed E-state index contributed by atoms with van der Waals surface area (Å²) in [5.74, 6) is -0.859. The first-order valence-corrected chi connectivity index (χ1v) is 6.69. The Morgan fingerprint density at radius 2 is 2.04 bits per heavy atom. The molecule has 0 fully saturated rings. The average Bonchev–Trinajstić information content (AvgIpc) is 2.94. The van der Waals surface area contributed by atoms with E-state index in [1.807, 2.05) is 0 Å². The fourth-order valence-electron chi connectivity index (χ4n) is 2.23. The lowest BCUT2D eigenvalue weighted by Gasteiger charge is -2.05. The molecule has 23 heavy (non-hydrogen) atoms. The van der Waals surface area contributed by atoms with Crippen LogP contribution in [-0.4, -0.2) is 10.8 Å². The molecule has 0 saturated heterocycles. The monoisotopic (exact) mass is 314 g/mol. The van der Waals surface area contributed by atoms with Crippen molar-refractivity contribution < 1.29 is 18.5 Å². The number of nitro benzene ring substituents is 1. The first-order chi connectivity index (χ1) is 11.0. The number of rotatable bonds is 3. The Bertz CT molecular complexity index is 933. The van der Waals surface area contributed by atoms with E-state index in [2.05, 4.69) is 5.32 Å². The fourth-order valence-corrected chi connectivity index (χ4v) is 2.23. The van der Waals surface area contributed by atoms with Gasteiger partial charge >= 0.3 is 0 Å². The van der Waals surface area contributed by atoms with Gasteiger partial charge in [0.05, 0.1) is 10.5 Å². The molecule has 1 N–H and O–H groups in total. The molecule has 0 aliphatic rings. The highest BCUT2D eigenvalue weighted by atomic mass is 19.1. The Labute approximate surface area is 129 Å². The van der Waals surface area contributed by atoms with Crippen LogP contribution in [0.3, 0.4) is 0 Å². The summed E-state index contributed by atoms with van der Waals surface area (Å²) in [6.45, 7) is 1.58. The maximum atomic E-state index is 13.2. The van der Waals surface area contributed by atoms with Crippen molar-refractivity contribution in [2.24, 2.45) is 0 Å². The van der Waals surface area contributed by atoms with Gasteiger partial charge in [0.25, 0.3) is 11.6 Å². The molecule has 2 aromatic carbocycles. The number of aryl methyl sites for hydroxylation is 1. The van der Waals surface area contributed by atoms with Crippen LogP contribution >= 0.6 is 0 Å². The molecule has 0 atom stereocenters. The second kappa shape index (κ2) is 5.53. The predicted octanol–water partition coefficient (Wildman–Crippen LogP) is 4.04. The average molecular weight is 314 g/mol. The molecular formula is C16H11FN2O4. The number of carbonyl (C=O) groups is 1. The molecule has 0 aliphatic carbocycles. The van der Waals surface area contributed by atoms with Crippen molar-refractivity contribution in [3.63, 3.8) is 0 Å². The molecule has 1 heterocycles. The minimum atomic E-state index is -0.544. The highest BCUT2D eigenvalue weighted by molar-refractivity contribution is 6.12. The van der Waals surface area contributed by atoms with Gasteiger partial charge in [-0.3, -0.25) is 14.9 Å². The topological polar surface area (TPSA) is 85.4 Å². The Morgan fingerprint density at radius 3 is 2.74 bits per heavy atom. The molecule has 0 spiro atoms. The lowest BCUT2D eigenvalue weighted by molar-refractivity contribution is -0.384. The maximum absolute atomic E-state index is 13.2. The van der Waals surface area contributed by atoms with E-state index in [1.54, 1.807) is 6.92 Å². The van der Waals surface area contributed by atoms with Crippen LogP contribution in [0.4, 0.5) is 15.8 Å². The quantitative estimate of drug-likeness (QED) is 0.584. The number of nitrogens with one attached hydrogen (secondary N) is 1. The smallest absolute Gasteiger partial charge is 0.270 e. The molecule has 0 saturated carbocycles. The number of fused-ring (bicyclic) bond motifs is 1. The number of halogens is 1. The summed E-state index contributed by atoms with van der Waals surface area (Å²) < 4.78 is 18.5. The zero-order valence-corrected chi connectivity index (χ0v) is 12.0. The first kappa shape index (κ1) is 14.7. The highest BCUT2D eigenvalue weighted by Crippen LogP contribution is 2.26. The number of hydrogen-bond acceptors (Lipinski definition) is 4. The van der Waals surface area contributed by atoms with Crippen LogP contribution in [-0.2, 0) is 0 Å². The Morgan fingerprint density at radius 1 is 1.26 bits per heavy atom. The number of furan rings is 1. The van der Waals surface area contributed by atoms with E-state index >= 15 is 0 Å².